The van der Waals surface area contributed by atoms with Crippen LogP contribution in [-0.4, -0.2) is 11.2 Å². The summed E-state index contributed by atoms with van der Waals surface area (Å²) in [6.07, 6.45) is 3.46. The lowest BCUT2D eigenvalue weighted by Gasteiger charge is -2.17. The fraction of sp³-hybridized carbons (Fsp3) is 0.500. The highest BCUT2D eigenvalue weighted by molar-refractivity contribution is 5.50. The summed E-state index contributed by atoms with van der Waals surface area (Å²) in [7, 11) is 0. The fourth-order valence-corrected chi connectivity index (χ4v) is 2.32. The van der Waals surface area contributed by atoms with Crippen molar-refractivity contribution in [3.8, 4) is 5.75 Å². The quantitative estimate of drug-likeness (QED) is 0.641. The molecule has 0 amide bonds. The monoisotopic (exact) mass is 231 g/mol. The van der Waals surface area contributed by atoms with Crippen LogP contribution in [0.2, 0.25) is 0 Å². The van der Waals surface area contributed by atoms with Crippen LogP contribution >= 0.6 is 0 Å². The van der Waals surface area contributed by atoms with Crippen LogP contribution in [-0.2, 0) is 10.3 Å². The molecule has 1 N–H and O–H groups in total. The van der Waals surface area contributed by atoms with Gasteiger partial charge in [-0.2, -0.15) is 4.99 Å². The standard InChI is InChI=1S/C14H17NO2/c1-9(2)11-7-12(10(3)6-13(11)17)14(4-5-14)15-8-16/h6-7,9,17H,4-5H2,1-3H3. The molecule has 3 nitrogen and oxygen atoms in total. The minimum absolute atomic E-state index is 0.255. The van der Waals surface area contributed by atoms with Crippen LogP contribution in [0, 0.1) is 6.92 Å². The molecule has 2 rings (SSSR count). The molecule has 0 saturated heterocycles. The number of aromatic hydroxyl groups is 1. The van der Waals surface area contributed by atoms with Crippen molar-refractivity contribution in [2.45, 2.75) is 45.1 Å². The lowest BCUT2D eigenvalue weighted by atomic mass is 9.92. The molecule has 0 aliphatic heterocycles. The number of rotatable bonds is 3. The third-order valence-corrected chi connectivity index (χ3v) is 3.48. The number of carbonyl (C=O) groups excluding carboxylic acids is 1. The molecule has 90 valence electrons. The number of benzene rings is 1. The molecule has 17 heavy (non-hydrogen) atoms. The van der Waals surface area contributed by atoms with E-state index < -0.39 is 0 Å². The fourth-order valence-electron chi connectivity index (χ4n) is 2.32. The first kappa shape index (κ1) is 11.9. The molecule has 1 aromatic rings. The first-order chi connectivity index (χ1) is 8.00. The highest BCUT2D eigenvalue weighted by atomic mass is 16.3. The predicted molar refractivity (Wildman–Crippen MR) is 66.0 cm³/mol. The minimum atomic E-state index is -0.358. The number of aryl methyl sites for hydroxylation is 1. The zero-order valence-electron chi connectivity index (χ0n) is 10.4. The maximum atomic E-state index is 10.5. The van der Waals surface area contributed by atoms with Gasteiger partial charge in [0.2, 0.25) is 6.08 Å². The Kier molecular flexibility index (Phi) is 2.80. The summed E-state index contributed by atoms with van der Waals surface area (Å²) in [5, 5.41) is 9.89. The van der Waals surface area contributed by atoms with Gasteiger partial charge in [0, 0.05) is 0 Å². The van der Waals surface area contributed by atoms with E-state index in [1.807, 2.05) is 26.8 Å². The van der Waals surface area contributed by atoms with Gasteiger partial charge in [0.05, 0.1) is 5.54 Å². The van der Waals surface area contributed by atoms with E-state index in [0.717, 1.165) is 29.5 Å². The van der Waals surface area contributed by atoms with Crippen LogP contribution < -0.4 is 0 Å². The zero-order valence-corrected chi connectivity index (χ0v) is 10.4. The van der Waals surface area contributed by atoms with Gasteiger partial charge in [-0.25, -0.2) is 4.79 Å². The van der Waals surface area contributed by atoms with Crippen LogP contribution in [0.3, 0.4) is 0 Å². The topological polar surface area (TPSA) is 49.7 Å². The Labute approximate surface area is 101 Å². The van der Waals surface area contributed by atoms with E-state index >= 15 is 0 Å². The lowest BCUT2D eigenvalue weighted by Crippen LogP contribution is -2.06. The van der Waals surface area contributed by atoms with E-state index in [1.54, 1.807) is 12.1 Å². The molecule has 0 heterocycles. The molecule has 0 bridgehead atoms. The molecule has 3 heteroatoms. The average Bonchev–Trinajstić information content (AvgIpc) is 2.98. The first-order valence-corrected chi connectivity index (χ1v) is 5.93. The Morgan fingerprint density at radius 1 is 1.41 bits per heavy atom. The van der Waals surface area contributed by atoms with Crippen molar-refractivity contribution >= 4 is 6.08 Å². The van der Waals surface area contributed by atoms with Crippen LogP contribution in [0.15, 0.2) is 17.1 Å². The van der Waals surface area contributed by atoms with Crippen molar-refractivity contribution in [1.82, 2.24) is 0 Å². The Morgan fingerprint density at radius 3 is 2.53 bits per heavy atom. The summed E-state index contributed by atoms with van der Waals surface area (Å²) in [6.45, 7) is 6.02. The Hall–Kier alpha value is -1.60. The van der Waals surface area contributed by atoms with Gasteiger partial charge in [0.15, 0.2) is 0 Å². The lowest BCUT2D eigenvalue weighted by molar-refractivity contribution is 0.463. The maximum absolute atomic E-state index is 10.5. The molecular weight excluding hydrogens is 214 g/mol. The van der Waals surface area contributed by atoms with Gasteiger partial charge in [-0.1, -0.05) is 13.8 Å². The average molecular weight is 231 g/mol. The zero-order chi connectivity index (χ0) is 12.6. The van der Waals surface area contributed by atoms with Crippen molar-refractivity contribution in [3.05, 3.63) is 28.8 Å². The van der Waals surface area contributed by atoms with Gasteiger partial charge in [0.25, 0.3) is 0 Å². The third-order valence-electron chi connectivity index (χ3n) is 3.48. The SMILES string of the molecule is Cc1cc(O)c(C(C)C)cc1C1(N=C=O)CC1. The van der Waals surface area contributed by atoms with Gasteiger partial charge >= 0.3 is 0 Å². The smallest absolute Gasteiger partial charge is 0.235 e. The molecule has 1 aliphatic rings. The summed E-state index contributed by atoms with van der Waals surface area (Å²) in [4.78, 5) is 14.4. The molecular formula is C14H17NO2. The molecule has 1 saturated carbocycles. The molecule has 1 fully saturated rings. The van der Waals surface area contributed by atoms with Crippen LogP contribution in [0.4, 0.5) is 0 Å². The highest BCUT2D eigenvalue weighted by Gasteiger charge is 2.46. The van der Waals surface area contributed by atoms with Crippen LogP contribution in [0.5, 0.6) is 5.75 Å². The highest BCUT2D eigenvalue weighted by Crippen LogP contribution is 2.51. The number of isocyanates is 1. The van der Waals surface area contributed by atoms with Gasteiger partial charge in [-0.15, -0.1) is 0 Å². The number of phenolic OH excluding ortho intramolecular Hbond substituents is 1. The Balaban J connectivity index is 2.55. The minimum Gasteiger partial charge on any atom is -0.508 e. The van der Waals surface area contributed by atoms with E-state index in [1.165, 1.54) is 0 Å². The molecule has 0 atom stereocenters. The number of nitrogens with zero attached hydrogens (tertiary/aromatic N) is 1. The number of hydrogen-bond donors (Lipinski definition) is 1. The first-order valence-electron chi connectivity index (χ1n) is 5.93. The Bertz CT molecular complexity index is 495. The second-order valence-electron chi connectivity index (χ2n) is 5.12. The second kappa shape index (κ2) is 4.01. The molecule has 0 unspecified atom stereocenters. The molecule has 0 spiro atoms. The van der Waals surface area contributed by atoms with E-state index in [4.69, 9.17) is 0 Å². The van der Waals surface area contributed by atoms with Gasteiger partial charge in [0.1, 0.15) is 5.75 Å². The van der Waals surface area contributed by atoms with Crippen LogP contribution in [0.1, 0.15) is 49.3 Å². The summed E-state index contributed by atoms with van der Waals surface area (Å²) in [5.74, 6) is 0.581. The van der Waals surface area contributed by atoms with E-state index in [-0.39, 0.29) is 11.5 Å². The van der Waals surface area contributed by atoms with Gasteiger partial charge in [-0.05, 0) is 54.5 Å². The van der Waals surface area contributed by atoms with Crippen molar-refractivity contribution < 1.29 is 9.90 Å². The molecule has 0 radical (unpaired) electrons. The molecule has 0 aromatic heterocycles. The van der Waals surface area contributed by atoms with Crippen LogP contribution in [0.25, 0.3) is 0 Å². The third kappa shape index (κ3) is 1.98. The predicted octanol–water partition coefficient (Wildman–Crippen LogP) is 3.15. The van der Waals surface area contributed by atoms with Crippen molar-refractivity contribution in [3.63, 3.8) is 0 Å². The summed E-state index contributed by atoms with van der Waals surface area (Å²) < 4.78 is 0. The summed E-state index contributed by atoms with van der Waals surface area (Å²) in [5.41, 5.74) is 2.60. The summed E-state index contributed by atoms with van der Waals surface area (Å²) in [6, 6.07) is 3.76. The van der Waals surface area contributed by atoms with E-state index in [9.17, 15) is 9.90 Å². The summed E-state index contributed by atoms with van der Waals surface area (Å²) >= 11 is 0. The number of phenols is 1. The van der Waals surface area contributed by atoms with E-state index in [2.05, 4.69) is 4.99 Å². The maximum Gasteiger partial charge on any atom is 0.235 e. The molecule has 1 aromatic carbocycles. The largest absolute Gasteiger partial charge is 0.508 e. The van der Waals surface area contributed by atoms with Crippen molar-refractivity contribution in [2.24, 2.45) is 4.99 Å². The van der Waals surface area contributed by atoms with Crippen molar-refractivity contribution in [2.75, 3.05) is 0 Å². The normalized spacial score (nSPS) is 16.7. The Morgan fingerprint density at radius 2 is 2.06 bits per heavy atom. The molecule has 1 aliphatic carbocycles. The second-order valence-corrected chi connectivity index (χ2v) is 5.12. The van der Waals surface area contributed by atoms with Crippen molar-refractivity contribution in [1.29, 1.82) is 0 Å². The number of aliphatic imine (C=N–C) groups is 1. The van der Waals surface area contributed by atoms with Gasteiger partial charge < -0.3 is 5.11 Å². The van der Waals surface area contributed by atoms with E-state index in [0.29, 0.717) is 5.75 Å². The number of hydrogen-bond acceptors (Lipinski definition) is 3. The van der Waals surface area contributed by atoms with Gasteiger partial charge in [-0.3, -0.25) is 0 Å².